The number of nitrogens with one attached hydrogen (secondary N) is 1. The van der Waals surface area contributed by atoms with Crippen molar-refractivity contribution < 1.29 is 17.6 Å². The Hall–Kier alpha value is -1.56. The van der Waals surface area contributed by atoms with Gasteiger partial charge in [-0.3, -0.25) is 0 Å². The van der Waals surface area contributed by atoms with Gasteiger partial charge in [0.15, 0.2) is 0 Å². The fourth-order valence-electron chi connectivity index (χ4n) is 1.56. The smallest absolute Gasteiger partial charge is 0.150 e. The second-order valence-corrected chi connectivity index (χ2v) is 4.75. The third kappa shape index (κ3) is 3.26. The molecular formula is C13H8BrF4N. The number of rotatable bonds is 3. The van der Waals surface area contributed by atoms with E-state index in [-0.39, 0.29) is 22.3 Å². The summed E-state index contributed by atoms with van der Waals surface area (Å²) in [4.78, 5) is 0. The minimum absolute atomic E-state index is 0.114. The molecule has 0 aliphatic rings. The molecule has 100 valence electrons. The third-order valence-electron chi connectivity index (χ3n) is 2.48. The normalized spacial score (nSPS) is 10.6. The highest BCUT2D eigenvalue weighted by molar-refractivity contribution is 9.10. The molecule has 0 saturated carbocycles. The molecule has 0 aliphatic heterocycles. The van der Waals surface area contributed by atoms with E-state index >= 15 is 0 Å². The lowest BCUT2D eigenvalue weighted by Crippen LogP contribution is -2.05. The molecule has 0 radical (unpaired) electrons. The summed E-state index contributed by atoms with van der Waals surface area (Å²) in [6.07, 6.45) is 0. The first-order chi connectivity index (χ1) is 8.97. The highest BCUT2D eigenvalue weighted by Crippen LogP contribution is 2.24. The monoisotopic (exact) mass is 333 g/mol. The summed E-state index contributed by atoms with van der Waals surface area (Å²) >= 11 is 2.95. The summed E-state index contributed by atoms with van der Waals surface area (Å²) in [5, 5.41) is 2.45. The van der Waals surface area contributed by atoms with Crippen LogP contribution >= 0.6 is 15.9 Å². The Morgan fingerprint density at radius 1 is 0.895 bits per heavy atom. The second-order valence-electron chi connectivity index (χ2n) is 3.83. The van der Waals surface area contributed by atoms with E-state index in [1.54, 1.807) is 0 Å². The van der Waals surface area contributed by atoms with Crippen LogP contribution in [0.4, 0.5) is 23.2 Å². The summed E-state index contributed by atoms with van der Waals surface area (Å²) in [5.41, 5.74) is -0.241. The van der Waals surface area contributed by atoms with Gasteiger partial charge in [-0.15, -0.1) is 0 Å². The molecule has 0 amide bonds. The molecule has 0 aromatic heterocycles. The average Bonchev–Trinajstić information content (AvgIpc) is 2.30. The molecule has 0 saturated heterocycles. The zero-order valence-corrected chi connectivity index (χ0v) is 11.1. The second kappa shape index (κ2) is 5.61. The van der Waals surface area contributed by atoms with Gasteiger partial charge >= 0.3 is 0 Å². The van der Waals surface area contributed by atoms with Gasteiger partial charge in [0.25, 0.3) is 0 Å². The Bertz CT molecular complexity index is 593. The van der Waals surface area contributed by atoms with Gasteiger partial charge in [0.05, 0.1) is 0 Å². The van der Waals surface area contributed by atoms with Crippen LogP contribution in [-0.4, -0.2) is 0 Å². The molecule has 0 atom stereocenters. The number of hydrogen-bond donors (Lipinski definition) is 1. The van der Waals surface area contributed by atoms with E-state index in [0.717, 1.165) is 18.2 Å². The zero-order valence-electron chi connectivity index (χ0n) is 9.48. The standard InChI is InChI=1S/C13H8BrF4N/c14-8-3-11(17)13(12(18)4-8)19-6-7-1-2-9(15)5-10(7)16/h1-5,19H,6H2. The Kier molecular flexibility index (Phi) is 4.09. The number of halogens is 5. The van der Waals surface area contributed by atoms with Crippen molar-refractivity contribution in [1.82, 2.24) is 0 Å². The van der Waals surface area contributed by atoms with Gasteiger partial charge in [0.1, 0.15) is 29.0 Å². The highest BCUT2D eigenvalue weighted by atomic mass is 79.9. The Balaban J connectivity index is 2.19. The Labute approximate surface area is 115 Å². The molecule has 0 aliphatic carbocycles. The Morgan fingerprint density at radius 2 is 1.53 bits per heavy atom. The molecule has 2 aromatic carbocycles. The van der Waals surface area contributed by atoms with E-state index in [9.17, 15) is 17.6 Å². The fourth-order valence-corrected chi connectivity index (χ4v) is 1.96. The molecule has 0 bridgehead atoms. The van der Waals surface area contributed by atoms with Crippen LogP contribution in [0.1, 0.15) is 5.56 Å². The van der Waals surface area contributed by atoms with E-state index in [1.807, 2.05) is 0 Å². The lowest BCUT2D eigenvalue weighted by Gasteiger charge is -2.10. The first-order valence-corrected chi connectivity index (χ1v) is 6.09. The SMILES string of the molecule is Fc1ccc(CNc2c(F)cc(Br)cc2F)c(F)c1. The van der Waals surface area contributed by atoms with Crippen LogP contribution in [-0.2, 0) is 6.54 Å². The van der Waals surface area contributed by atoms with Crippen LogP contribution < -0.4 is 5.32 Å². The van der Waals surface area contributed by atoms with Gasteiger partial charge in [-0.25, -0.2) is 17.6 Å². The van der Waals surface area contributed by atoms with Gasteiger partial charge in [0.2, 0.25) is 0 Å². The van der Waals surface area contributed by atoms with Crippen LogP contribution in [0.3, 0.4) is 0 Å². The molecule has 0 heterocycles. The third-order valence-corrected chi connectivity index (χ3v) is 2.94. The summed E-state index contributed by atoms with van der Waals surface area (Å²) in [6, 6.07) is 5.19. The molecule has 19 heavy (non-hydrogen) atoms. The van der Waals surface area contributed by atoms with Crippen LogP contribution in [0.25, 0.3) is 0 Å². The molecule has 6 heteroatoms. The average molecular weight is 334 g/mol. The van der Waals surface area contributed by atoms with Gasteiger partial charge in [-0.1, -0.05) is 22.0 Å². The largest absolute Gasteiger partial charge is 0.376 e. The van der Waals surface area contributed by atoms with Crippen molar-refractivity contribution in [2.45, 2.75) is 6.54 Å². The first kappa shape index (κ1) is 13.9. The van der Waals surface area contributed by atoms with Crippen LogP contribution in [0.2, 0.25) is 0 Å². The maximum absolute atomic E-state index is 13.5. The summed E-state index contributed by atoms with van der Waals surface area (Å²) in [7, 11) is 0. The van der Waals surface area contributed by atoms with Gasteiger partial charge in [-0.05, 0) is 18.2 Å². The van der Waals surface area contributed by atoms with E-state index in [1.165, 1.54) is 6.07 Å². The molecule has 0 fully saturated rings. The predicted molar refractivity (Wildman–Crippen MR) is 67.7 cm³/mol. The lowest BCUT2D eigenvalue weighted by atomic mass is 10.2. The number of hydrogen-bond acceptors (Lipinski definition) is 1. The van der Waals surface area contributed by atoms with Crippen molar-refractivity contribution in [2.75, 3.05) is 5.32 Å². The van der Waals surface area contributed by atoms with E-state index in [2.05, 4.69) is 21.2 Å². The van der Waals surface area contributed by atoms with Gasteiger partial charge < -0.3 is 5.32 Å². The van der Waals surface area contributed by atoms with Crippen molar-refractivity contribution in [1.29, 1.82) is 0 Å². The maximum atomic E-state index is 13.5. The minimum atomic E-state index is -0.797. The maximum Gasteiger partial charge on any atom is 0.150 e. The van der Waals surface area contributed by atoms with Crippen molar-refractivity contribution >= 4 is 21.6 Å². The lowest BCUT2D eigenvalue weighted by molar-refractivity contribution is 0.570. The van der Waals surface area contributed by atoms with Crippen LogP contribution in [0.5, 0.6) is 0 Å². The molecule has 2 aromatic rings. The van der Waals surface area contributed by atoms with Crippen LogP contribution in [0.15, 0.2) is 34.8 Å². The van der Waals surface area contributed by atoms with Crippen LogP contribution in [0, 0.1) is 23.3 Å². The van der Waals surface area contributed by atoms with E-state index in [4.69, 9.17) is 0 Å². The molecule has 1 N–H and O–H groups in total. The highest BCUT2D eigenvalue weighted by Gasteiger charge is 2.11. The van der Waals surface area contributed by atoms with Crippen molar-refractivity contribution in [3.8, 4) is 0 Å². The molecule has 0 unspecified atom stereocenters. The summed E-state index contributed by atoms with van der Waals surface area (Å²) in [6.45, 7) is -0.151. The molecule has 2 rings (SSSR count). The molecular weight excluding hydrogens is 326 g/mol. The Morgan fingerprint density at radius 3 is 2.11 bits per heavy atom. The van der Waals surface area contributed by atoms with Gasteiger partial charge in [0, 0.05) is 22.6 Å². The first-order valence-electron chi connectivity index (χ1n) is 5.29. The number of anilines is 1. The van der Waals surface area contributed by atoms with E-state index < -0.39 is 23.3 Å². The summed E-state index contributed by atoms with van der Waals surface area (Å²) < 4.78 is 53.3. The molecule has 0 spiro atoms. The number of benzene rings is 2. The zero-order chi connectivity index (χ0) is 14.0. The van der Waals surface area contributed by atoms with Crippen molar-refractivity contribution in [3.63, 3.8) is 0 Å². The molecule has 1 nitrogen and oxygen atoms in total. The van der Waals surface area contributed by atoms with Crippen molar-refractivity contribution in [2.24, 2.45) is 0 Å². The quantitative estimate of drug-likeness (QED) is 0.808. The van der Waals surface area contributed by atoms with E-state index in [0.29, 0.717) is 6.07 Å². The van der Waals surface area contributed by atoms with Gasteiger partial charge in [-0.2, -0.15) is 0 Å². The van der Waals surface area contributed by atoms with Crippen molar-refractivity contribution in [3.05, 3.63) is 63.6 Å². The fraction of sp³-hybridized carbons (Fsp3) is 0.0769. The minimum Gasteiger partial charge on any atom is -0.376 e. The topological polar surface area (TPSA) is 12.0 Å². The summed E-state index contributed by atoms with van der Waals surface area (Å²) in [5.74, 6) is -3.07. The predicted octanol–water partition coefficient (Wildman–Crippen LogP) is 4.62.